The number of rotatable bonds is 45. The summed E-state index contributed by atoms with van der Waals surface area (Å²) in [7, 11) is 0. The molecule has 1 N–H and O–H groups in total. The van der Waals surface area contributed by atoms with Gasteiger partial charge >= 0.3 is 11.9 Å². The molecule has 0 saturated heterocycles. The maximum absolute atomic E-state index is 12.4. The third-order valence-corrected chi connectivity index (χ3v) is 11.8. The fourth-order valence-corrected chi connectivity index (χ4v) is 8.05. The van der Waals surface area contributed by atoms with E-state index >= 15 is 0 Å². The molecule has 0 aromatic heterocycles. The molecule has 0 aliphatic heterocycles. The van der Waals surface area contributed by atoms with E-state index in [0.717, 1.165) is 83.8 Å². The second-order valence-electron chi connectivity index (χ2n) is 17.1. The minimum absolute atomic E-state index is 0.0120. The summed E-state index contributed by atoms with van der Waals surface area (Å²) < 4.78 is 11.3. The van der Waals surface area contributed by atoms with E-state index in [2.05, 4.69) is 32.6 Å². The smallest absolute Gasteiger partial charge is 0.305 e. The lowest BCUT2D eigenvalue weighted by atomic mass is 9.92. The van der Waals surface area contributed by atoms with Crippen LogP contribution in [0.3, 0.4) is 0 Å². The van der Waals surface area contributed by atoms with Gasteiger partial charge in [-0.2, -0.15) is 0 Å². The average molecular weight is 780 g/mol. The molecule has 0 fully saturated rings. The van der Waals surface area contributed by atoms with Gasteiger partial charge in [0.15, 0.2) is 0 Å². The molecule has 0 heterocycles. The zero-order valence-electron chi connectivity index (χ0n) is 37.7. The highest BCUT2D eigenvalue weighted by Crippen LogP contribution is 2.23. The number of carbonyl (C=O) groups excluding carboxylic acids is 2. The molecule has 0 bridgehead atoms. The Bertz CT molecular complexity index is 779. The summed E-state index contributed by atoms with van der Waals surface area (Å²) in [5, 5.41) is 9.58. The van der Waals surface area contributed by atoms with Crippen LogP contribution in [0.5, 0.6) is 0 Å². The van der Waals surface area contributed by atoms with Crippen molar-refractivity contribution in [2.45, 2.75) is 252 Å². The first-order valence-corrected chi connectivity index (χ1v) is 24.6. The minimum Gasteiger partial charge on any atom is -0.466 e. The number of esters is 2. The van der Waals surface area contributed by atoms with Gasteiger partial charge in [-0.1, -0.05) is 201 Å². The Morgan fingerprint density at radius 2 is 0.709 bits per heavy atom. The molecule has 328 valence electrons. The first-order chi connectivity index (χ1) is 27.0. The van der Waals surface area contributed by atoms with E-state index < -0.39 is 0 Å². The van der Waals surface area contributed by atoms with E-state index in [9.17, 15) is 14.7 Å². The molecule has 1 unspecified atom stereocenters. The average Bonchev–Trinajstić information content (AvgIpc) is 3.18. The van der Waals surface area contributed by atoms with Crippen LogP contribution in [0.15, 0.2) is 0 Å². The van der Waals surface area contributed by atoms with Crippen molar-refractivity contribution in [2.24, 2.45) is 11.8 Å². The molecule has 55 heavy (non-hydrogen) atoms. The van der Waals surface area contributed by atoms with E-state index in [1.54, 1.807) is 0 Å². The molecule has 0 saturated carbocycles. The number of hydrogen-bond acceptors (Lipinski definition) is 6. The molecule has 0 radical (unpaired) electrons. The van der Waals surface area contributed by atoms with Gasteiger partial charge in [-0.05, 0) is 63.5 Å². The van der Waals surface area contributed by atoms with Crippen LogP contribution in [0.1, 0.15) is 252 Å². The quantitative estimate of drug-likeness (QED) is 0.0490. The van der Waals surface area contributed by atoms with Gasteiger partial charge < -0.3 is 19.5 Å². The third-order valence-electron chi connectivity index (χ3n) is 11.8. The Kier molecular flexibility index (Phi) is 43.1. The van der Waals surface area contributed by atoms with Crippen LogP contribution in [0, 0.1) is 11.8 Å². The topological polar surface area (TPSA) is 76.1 Å². The van der Waals surface area contributed by atoms with E-state index in [1.807, 2.05) is 0 Å². The molecule has 0 aromatic rings. The summed E-state index contributed by atoms with van der Waals surface area (Å²) in [6.45, 7) is 13.3. The number of aliphatic hydroxyl groups is 1. The Labute approximate surface area is 343 Å². The SMILES string of the molecule is CCCCCCCC(CCCCCC)CCOC(=O)CCCCCCCN(CCO)CCCCCCCC(=O)OCCC(CCCCCC)CCCCCC. The Morgan fingerprint density at radius 3 is 1.07 bits per heavy atom. The second kappa shape index (κ2) is 44.0. The van der Waals surface area contributed by atoms with Gasteiger partial charge in [0.2, 0.25) is 0 Å². The molecular formula is C49H97NO5. The normalized spacial score (nSPS) is 12.2. The van der Waals surface area contributed by atoms with E-state index in [4.69, 9.17) is 9.47 Å². The van der Waals surface area contributed by atoms with Crippen LogP contribution in [-0.2, 0) is 19.1 Å². The summed E-state index contributed by atoms with van der Waals surface area (Å²) in [5.74, 6) is 1.39. The molecule has 0 aliphatic carbocycles. The monoisotopic (exact) mass is 780 g/mol. The zero-order valence-corrected chi connectivity index (χ0v) is 37.7. The van der Waals surface area contributed by atoms with Crippen molar-refractivity contribution in [3.8, 4) is 0 Å². The Hall–Kier alpha value is -1.14. The van der Waals surface area contributed by atoms with Crippen LogP contribution in [0.25, 0.3) is 0 Å². The summed E-state index contributed by atoms with van der Waals surface area (Å²) in [6, 6.07) is 0. The number of unbranched alkanes of at least 4 members (excludes halogenated alkanes) is 21. The summed E-state index contributed by atoms with van der Waals surface area (Å²) in [6.07, 6.45) is 41.8. The minimum atomic E-state index is -0.0136. The molecule has 0 amide bonds. The van der Waals surface area contributed by atoms with Crippen molar-refractivity contribution in [1.29, 1.82) is 0 Å². The number of carbonyl (C=O) groups is 2. The molecule has 0 aliphatic rings. The standard InChI is InChI=1S/C49H97NO5/c1-5-9-13-19-27-35-47(34-26-16-12-8-4)39-45-55-49(53)37-29-21-18-23-31-41-50(42-43-51)40-30-22-17-20-28-36-48(52)54-44-38-46(32-24-14-10-6-2)33-25-15-11-7-3/h46-47,51H,5-45H2,1-4H3. The van der Waals surface area contributed by atoms with Crippen LogP contribution >= 0.6 is 0 Å². The largest absolute Gasteiger partial charge is 0.466 e. The summed E-state index contributed by atoms with van der Waals surface area (Å²) >= 11 is 0. The van der Waals surface area contributed by atoms with Gasteiger partial charge in [0.1, 0.15) is 0 Å². The zero-order chi connectivity index (χ0) is 40.3. The highest BCUT2D eigenvalue weighted by Gasteiger charge is 2.13. The van der Waals surface area contributed by atoms with Gasteiger partial charge in [0.05, 0.1) is 19.8 Å². The van der Waals surface area contributed by atoms with Gasteiger partial charge in [-0.3, -0.25) is 9.59 Å². The van der Waals surface area contributed by atoms with E-state index in [0.29, 0.717) is 37.9 Å². The lowest BCUT2D eigenvalue weighted by Crippen LogP contribution is -2.29. The summed E-state index contributed by atoms with van der Waals surface area (Å²) in [4.78, 5) is 27.1. The van der Waals surface area contributed by atoms with Gasteiger partial charge in [-0.25, -0.2) is 0 Å². The number of nitrogens with zero attached hydrogens (tertiary/aromatic N) is 1. The second-order valence-corrected chi connectivity index (χ2v) is 17.1. The number of aliphatic hydroxyl groups excluding tert-OH is 1. The first kappa shape index (κ1) is 53.9. The Morgan fingerprint density at radius 1 is 0.400 bits per heavy atom. The molecule has 6 nitrogen and oxygen atoms in total. The predicted molar refractivity (Wildman–Crippen MR) is 237 cm³/mol. The van der Waals surface area contributed by atoms with Crippen molar-refractivity contribution < 1.29 is 24.2 Å². The Balaban J connectivity index is 3.97. The molecule has 1 atom stereocenters. The van der Waals surface area contributed by atoms with Gasteiger partial charge in [0, 0.05) is 19.4 Å². The summed E-state index contributed by atoms with van der Waals surface area (Å²) in [5.41, 5.74) is 0. The maximum Gasteiger partial charge on any atom is 0.305 e. The van der Waals surface area contributed by atoms with Crippen molar-refractivity contribution in [3.63, 3.8) is 0 Å². The lowest BCUT2D eigenvalue weighted by molar-refractivity contribution is -0.145. The maximum atomic E-state index is 12.4. The number of ether oxygens (including phenoxy) is 2. The molecule has 6 heteroatoms. The molecule has 0 spiro atoms. The highest BCUT2D eigenvalue weighted by atomic mass is 16.5. The first-order valence-electron chi connectivity index (χ1n) is 24.6. The van der Waals surface area contributed by atoms with E-state index in [-0.39, 0.29) is 18.5 Å². The van der Waals surface area contributed by atoms with Crippen molar-refractivity contribution in [3.05, 3.63) is 0 Å². The number of hydrogen-bond donors (Lipinski definition) is 1. The molecule has 0 rings (SSSR count). The van der Waals surface area contributed by atoms with Gasteiger partial charge in [0.25, 0.3) is 0 Å². The van der Waals surface area contributed by atoms with Crippen LogP contribution < -0.4 is 0 Å². The third kappa shape index (κ3) is 39.5. The fourth-order valence-electron chi connectivity index (χ4n) is 8.05. The van der Waals surface area contributed by atoms with Gasteiger partial charge in [-0.15, -0.1) is 0 Å². The van der Waals surface area contributed by atoms with Crippen molar-refractivity contribution in [1.82, 2.24) is 4.90 Å². The molecule has 0 aromatic carbocycles. The van der Waals surface area contributed by atoms with E-state index in [1.165, 1.54) is 148 Å². The highest BCUT2D eigenvalue weighted by molar-refractivity contribution is 5.69. The van der Waals surface area contributed by atoms with Crippen LogP contribution in [0.2, 0.25) is 0 Å². The van der Waals surface area contributed by atoms with Crippen molar-refractivity contribution >= 4 is 11.9 Å². The van der Waals surface area contributed by atoms with Crippen LogP contribution in [0.4, 0.5) is 0 Å². The van der Waals surface area contributed by atoms with Crippen LogP contribution in [-0.4, -0.2) is 61.4 Å². The lowest BCUT2D eigenvalue weighted by Gasteiger charge is -2.21. The molecular weight excluding hydrogens is 683 g/mol. The predicted octanol–water partition coefficient (Wildman–Crippen LogP) is 14.3. The fraction of sp³-hybridized carbons (Fsp3) is 0.959. The van der Waals surface area contributed by atoms with Crippen molar-refractivity contribution in [2.75, 3.05) is 39.5 Å².